The molecule has 1 fully saturated rings. The Morgan fingerprint density at radius 3 is 2.71 bits per heavy atom. The van der Waals surface area contributed by atoms with Crippen molar-refractivity contribution in [2.45, 2.75) is 51.9 Å². The number of aryl methyl sites for hydroxylation is 1. The number of hydrogen-bond donors (Lipinski definition) is 0. The number of ether oxygens (including phenoxy) is 2. The molecule has 17 heavy (non-hydrogen) atoms. The Morgan fingerprint density at radius 2 is 2.00 bits per heavy atom. The topological polar surface area (TPSA) is 18.5 Å². The van der Waals surface area contributed by atoms with Crippen LogP contribution in [0.25, 0.3) is 0 Å². The number of benzene rings is 1. The summed E-state index contributed by atoms with van der Waals surface area (Å²) in [6.45, 7) is 8.65. The number of hydrogen-bond acceptors (Lipinski definition) is 2. The normalized spacial score (nSPS) is 34.6. The largest absolute Gasteiger partial charge is 0.462 e. The molecule has 92 valence electrons. The molecule has 1 aromatic carbocycles. The van der Waals surface area contributed by atoms with E-state index in [1.165, 1.54) is 11.1 Å². The zero-order chi connectivity index (χ0) is 12.3. The summed E-state index contributed by atoms with van der Waals surface area (Å²) >= 11 is 0. The highest BCUT2D eigenvalue weighted by Crippen LogP contribution is 2.55. The smallest absolute Gasteiger partial charge is 0.213 e. The van der Waals surface area contributed by atoms with Crippen LogP contribution in [0.1, 0.15) is 44.7 Å². The highest BCUT2D eigenvalue weighted by molar-refractivity contribution is 5.43. The van der Waals surface area contributed by atoms with Crippen LogP contribution in [0.5, 0.6) is 5.75 Å². The summed E-state index contributed by atoms with van der Waals surface area (Å²) < 4.78 is 12.5. The first kappa shape index (κ1) is 11.1. The summed E-state index contributed by atoms with van der Waals surface area (Å²) in [6.07, 6.45) is 2.02. The van der Waals surface area contributed by atoms with Crippen LogP contribution in [-0.4, -0.2) is 5.79 Å². The highest BCUT2D eigenvalue weighted by atomic mass is 16.7. The van der Waals surface area contributed by atoms with Crippen molar-refractivity contribution in [1.82, 2.24) is 0 Å². The van der Waals surface area contributed by atoms with Gasteiger partial charge < -0.3 is 9.47 Å². The van der Waals surface area contributed by atoms with E-state index in [0.717, 1.165) is 18.6 Å². The second-order valence-electron chi connectivity index (χ2n) is 5.90. The second kappa shape index (κ2) is 3.26. The molecule has 1 aromatic rings. The van der Waals surface area contributed by atoms with Gasteiger partial charge in [-0.1, -0.05) is 25.5 Å². The molecule has 2 heteroatoms. The molecule has 2 aliphatic rings. The van der Waals surface area contributed by atoms with E-state index >= 15 is 0 Å². The summed E-state index contributed by atoms with van der Waals surface area (Å²) in [4.78, 5) is 0. The lowest BCUT2D eigenvalue weighted by Crippen LogP contribution is -2.46. The van der Waals surface area contributed by atoms with E-state index in [2.05, 4.69) is 45.9 Å². The molecule has 0 radical (unpaired) electrons. The quantitative estimate of drug-likeness (QED) is 0.734. The van der Waals surface area contributed by atoms with Gasteiger partial charge in [0.25, 0.3) is 0 Å². The van der Waals surface area contributed by atoms with Gasteiger partial charge in [0.1, 0.15) is 5.75 Å². The predicted octanol–water partition coefficient (Wildman–Crippen LogP) is 3.77. The van der Waals surface area contributed by atoms with Crippen LogP contribution in [0.4, 0.5) is 0 Å². The van der Waals surface area contributed by atoms with Crippen molar-refractivity contribution in [1.29, 1.82) is 0 Å². The monoisotopic (exact) mass is 232 g/mol. The first-order valence-electron chi connectivity index (χ1n) is 6.46. The molecule has 2 bridgehead atoms. The Kier molecular flexibility index (Phi) is 2.13. The fourth-order valence-corrected chi connectivity index (χ4v) is 3.01. The van der Waals surface area contributed by atoms with Crippen molar-refractivity contribution < 1.29 is 9.47 Å². The molecule has 0 spiro atoms. The summed E-state index contributed by atoms with van der Waals surface area (Å²) in [5.41, 5.74) is 2.32. The fraction of sp³-hybridized carbons (Fsp3) is 0.600. The van der Waals surface area contributed by atoms with Crippen molar-refractivity contribution >= 4 is 0 Å². The van der Waals surface area contributed by atoms with Gasteiger partial charge in [-0.2, -0.15) is 0 Å². The zero-order valence-electron chi connectivity index (χ0n) is 11.0. The molecule has 1 unspecified atom stereocenters. The van der Waals surface area contributed by atoms with Crippen molar-refractivity contribution in [3.8, 4) is 5.75 Å². The lowest BCUT2D eigenvalue weighted by molar-refractivity contribution is -0.244. The van der Waals surface area contributed by atoms with Gasteiger partial charge in [0, 0.05) is 17.9 Å². The van der Waals surface area contributed by atoms with Gasteiger partial charge in [0.2, 0.25) is 5.79 Å². The Balaban J connectivity index is 2.14. The SMILES string of the molecule is Cc1ccc2c(c1)C1(C)CC[C@@](C(C)C)(O2)O1. The third kappa shape index (κ3) is 1.43. The van der Waals surface area contributed by atoms with E-state index in [-0.39, 0.29) is 5.60 Å². The van der Waals surface area contributed by atoms with Crippen LogP contribution in [-0.2, 0) is 10.3 Å². The lowest BCUT2D eigenvalue weighted by Gasteiger charge is -2.42. The Labute approximate surface area is 103 Å². The van der Waals surface area contributed by atoms with Gasteiger partial charge in [-0.25, -0.2) is 0 Å². The van der Waals surface area contributed by atoms with E-state index in [4.69, 9.17) is 9.47 Å². The van der Waals surface area contributed by atoms with Crippen LogP contribution in [0.15, 0.2) is 18.2 Å². The highest BCUT2D eigenvalue weighted by Gasteiger charge is 2.55. The van der Waals surface area contributed by atoms with Crippen molar-refractivity contribution in [2.75, 3.05) is 0 Å². The maximum absolute atomic E-state index is 6.29. The summed E-state index contributed by atoms with van der Waals surface area (Å²) in [5, 5.41) is 0. The molecule has 3 rings (SSSR count). The second-order valence-corrected chi connectivity index (χ2v) is 5.90. The third-order valence-electron chi connectivity index (χ3n) is 4.22. The van der Waals surface area contributed by atoms with Crippen LogP contribution in [0, 0.1) is 12.8 Å². The van der Waals surface area contributed by atoms with E-state index < -0.39 is 5.79 Å². The van der Waals surface area contributed by atoms with Gasteiger partial charge in [0.05, 0.1) is 5.60 Å². The van der Waals surface area contributed by atoms with Gasteiger partial charge >= 0.3 is 0 Å². The van der Waals surface area contributed by atoms with E-state index in [1.807, 2.05) is 0 Å². The Bertz CT molecular complexity index is 466. The standard InChI is InChI=1S/C15H20O2/c1-10(2)15-8-7-14(4,17-15)12-9-11(3)5-6-13(12)16-15/h5-6,9-10H,7-8H2,1-4H3/t14?,15-/m1/s1. The minimum absolute atomic E-state index is 0.163. The fourth-order valence-electron chi connectivity index (χ4n) is 3.01. The molecule has 2 atom stereocenters. The maximum atomic E-state index is 6.29. The van der Waals surface area contributed by atoms with E-state index in [1.54, 1.807) is 0 Å². The molecule has 0 aliphatic carbocycles. The molecular formula is C15H20O2. The zero-order valence-corrected chi connectivity index (χ0v) is 11.0. The minimum atomic E-state index is -0.406. The molecule has 2 nitrogen and oxygen atoms in total. The van der Waals surface area contributed by atoms with E-state index in [0.29, 0.717) is 5.92 Å². The van der Waals surface area contributed by atoms with Crippen molar-refractivity contribution in [3.05, 3.63) is 29.3 Å². The minimum Gasteiger partial charge on any atom is -0.462 e. The predicted molar refractivity (Wildman–Crippen MR) is 67.0 cm³/mol. The summed E-state index contributed by atoms with van der Waals surface area (Å²) in [6, 6.07) is 6.40. The first-order valence-corrected chi connectivity index (χ1v) is 6.46. The molecule has 2 aliphatic heterocycles. The molecule has 2 heterocycles. The Hall–Kier alpha value is -1.02. The summed E-state index contributed by atoms with van der Waals surface area (Å²) in [7, 11) is 0. The average Bonchev–Trinajstić information content (AvgIpc) is 2.56. The van der Waals surface area contributed by atoms with E-state index in [9.17, 15) is 0 Å². The van der Waals surface area contributed by atoms with Crippen LogP contribution >= 0.6 is 0 Å². The molecule has 0 aromatic heterocycles. The molecule has 1 saturated heterocycles. The maximum Gasteiger partial charge on any atom is 0.213 e. The first-order chi connectivity index (χ1) is 7.95. The van der Waals surface area contributed by atoms with Gasteiger partial charge in [-0.15, -0.1) is 0 Å². The molecular weight excluding hydrogens is 212 g/mol. The molecule has 0 amide bonds. The Morgan fingerprint density at radius 1 is 1.24 bits per heavy atom. The van der Waals surface area contributed by atoms with Gasteiger partial charge in [-0.05, 0) is 32.4 Å². The average molecular weight is 232 g/mol. The molecule has 0 N–H and O–H groups in total. The molecule has 0 saturated carbocycles. The van der Waals surface area contributed by atoms with Crippen LogP contribution in [0.2, 0.25) is 0 Å². The summed E-state index contributed by atoms with van der Waals surface area (Å²) in [5.74, 6) is 0.978. The number of rotatable bonds is 1. The van der Waals surface area contributed by atoms with Gasteiger partial charge in [-0.3, -0.25) is 0 Å². The van der Waals surface area contributed by atoms with Crippen LogP contribution in [0.3, 0.4) is 0 Å². The van der Waals surface area contributed by atoms with Crippen molar-refractivity contribution in [3.63, 3.8) is 0 Å². The third-order valence-corrected chi connectivity index (χ3v) is 4.22. The van der Waals surface area contributed by atoms with Gasteiger partial charge in [0.15, 0.2) is 0 Å². The van der Waals surface area contributed by atoms with Crippen molar-refractivity contribution in [2.24, 2.45) is 5.92 Å². The lowest BCUT2D eigenvalue weighted by atomic mass is 9.91. The van der Waals surface area contributed by atoms with Crippen LogP contribution < -0.4 is 4.74 Å². The number of fused-ring (bicyclic) bond motifs is 4.